The molecule has 3 aliphatic rings. The fraction of sp³-hybridized carbons (Fsp3) is 0.457. The van der Waals surface area contributed by atoms with Crippen molar-refractivity contribution >= 4 is 17.8 Å². The largest absolute Gasteiger partial charge is 0.388 e. The summed E-state index contributed by atoms with van der Waals surface area (Å²) >= 11 is 0. The Morgan fingerprint density at radius 3 is 2.19 bits per heavy atom. The molecule has 4 N–H and O–H groups in total. The first kappa shape index (κ1) is 33.1. The maximum absolute atomic E-state index is 8.58. The van der Waals surface area contributed by atoms with Crippen LogP contribution in [0.15, 0.2) is 90.6 Å². The number of benzene rings is 2. The average Bonchev–Trinajstić information content (AvgIpc) is 3.04. The Bertz CT molecular complexity index is 1100. The molecule has 0 aromatic heterocycles. The molecule has 2 aromatic carbocycles. The molecule has 0 saturated carbocycles. The van der Waals surface area contributed by atoms with E-state index >= 15 is 0 Å². The predicted molar refractivity (Wildman–Crippen MR) is 179 cm³/mol. The number of piperazine rings is 1. The van der Waals surface area contributed by atoms with Crippen molar-refractivity contribution in [1.82, 2.24) is 15.1 Å². The normalized spacial score (nSPS) is 20.2. The molecule has 0 atom stereocenters. The van der Waals surface area contributed by atoms with Crippen molar-refractivity contribution in [1.29, 1.82) is 0 Å². The molecule has 0 radical (unpaired) electrons. The third-order valence-electron chi connectivity index (χ3n) is 8.33. The van der Waals surface area contributed by atoms with Crippen LogP contribution in [0.1, 0.15) is 31.7 Å². The standard InChI is InChI=1S/C24H34N4.C10H15N.CH3NO/c1-25-23-7-9-24(10-8-23)28-13-11-22(12-14-28)20-27-17-15-26(16-18-27)19-21-5-3-2-4-6-21;1-3-5-10-8-11-7-6-9(10)4-2;2-1-3/h2-10,22,25H,11-20H2,1H3;3-5,11H,1,6-8H2,2H3;1H,(H2,2,3)/b;9-4-,10-5-;. The fourth-order valence-corrected chi connectivity index (χ4v) is 5.91. The van der Waals surface area contributed by atoms with Crippen LogP contribution in [-0.2, 0) is 11.3 Å². The molecule has 228 valence electrons. The Kier molecular flexibility index (Phi) is 14.9. The Morgan fingerprint density at radius 2 is 1.60 bits per heavy atom. The molecule has 0 bridgehead atoms. The van der Waals surface area contributed by atoms with Gasteiger partial charge in [-0.3, -0.25) is 9.69 Å². The van der Waals surface area contributed by atoms with Crippen LogP contribution in [-0.4, -0.2) is 82.2 Å². The molecule has 3 aliphatic heterocycles. The van der Waals surface area contributed by atoms with Crippen LogP contribution in [0.2, 0.25) is 0 Å². The van der Waals surface area contributed by atoms with Crippen LogP contribution in [0.25, 0.3) is 0 Å². The van der Waals surface area contributed by atoms with Crippen LogP contribution < -0.4 is 21.3 Å². The van der Waals surface area contributed by atoms with E-state index in [9.17, 15) is 0 Å². The number of anilines is 2. The molecule has 7 heteroatoms. The van der Waals surface area contributed by atoms with Crippen LogP contribution in [0, 0.1) is 5.92 Å². The molecule has 3 saturated heterocycles. The van der Waals surface area contributed by atoms with Crippen molar-refractivity contribution in [3.8, 4) is 0 Å². The van der Waals surface area contributed by atoms with Gasteiger partial charge in [0.2, 0.25) is 6.41 Å². The highest BCUT2D eigenvalue weighted by Gasteiger charge is 2.24. The number of hydrogen-bond acceptors (Lipinski definition) is 6. The van der Waals surface area contributed by atoms with Crippen molar-refractivity contribution in [3.05, 3.63) is 96.1 Å². The van der Waals surface area contributed by atoms with Crippen molar-refractivity contribution in [3.63, 3.8) is 0 Å². The lowest BCUT2D eigenvalue weighted by atomic mass is 9.95. The lowest BCUT2D eigenvalue weighted by Gasteiger charge is -2.39. The molecule has 0 unspecified atom stereocenters. The van der Waals surface area contributed by atoms with E-state index in [1.54, 1.807) is 0 Å². The minimum Gasteiger partial charge on any atom is -0.388 e. The lowest BCUT2D eigenvalue weighted by molar-refractivity contribution is -0.106. The quantitative estimate of drug-likeness (QED) is 0.410. The van der Waals surface area contributed by atoms with Gasteiger partial charge in [-0.25, -0.2) is 0 Å². The topological polar surface area (TPSA) is 76.9 Å². The summed E-state index contributed by atoms with van der Waals surface area (Å²) in [6.07, 6.45) is 10.2. The first-order valence-electron chi connectivity index (χ1n) is 15.4. The maximum Gasteiger partial charge on any atom is 0.204 e. The summed E-state index contributed by atoms with van der Waals surface area (Å²) in [5, 5.41) is 6.53. The molecule has 7 nitrogen and oxygen atoms in total. The number of amides is 1. The van der Waals surface area contributed by atoms with Gasteiger partial charge in [0.25, 0.3) is 0 Å². The van der Waals surface area contributed by atoms with Gasteiger partial charge in [0.15, 0.2) is 0 Å². The van der Waals surface area contributed by atoms with Crippen LogP contribution in [0.3, 0.4) is 0 Å². The van der Waals surface area contributed by atoms with Crippen LogP contribution >= 0.6 is 0 Å². The summed E-state index contributed by atoms with van der Waals surface area (Å²) in [7, 11) is 1.97. The van der Waals surface area contributed by atoms with Gasteiger partial charge < -0.3 is 26.2 Å². The number of rotatable bonds is 7. The van der Waals surface area contributed by atoms with Gasteiger partial charge in [-0.2, -0.15) is 0 Å². The molecule has 3 heterocycles. The highest BCUT2D eigenvalue weighted by atomic mass is 16.1. The van der Waals surface area contributed by atoms with E-state index in [0.29, 0.717) is 0 Å². The summed E-state index contributed by atoms with van der Waals surface area (Å²) in [6, 6.07) is 19.7. The molecular weight excluding hydrogens is 520 g/mol. The van der Waals surface area contributed by atoms with E-state index in [2.05, 4.69) is 111 Å². The SMILES string of the molecule is C=C/C=C1/CNCC/C1=C/C.CNc1ccc(N2CCC(CN3CCN(Cc4ccccc4)CC3)CC2)cc1.NC=O. The second-order valence-corrected chi connectivity index (χ2v) is 11.1. The number of nitrogens with zero attached hydrogens (tertiary/aromatic N) is 3. The number of piperidine rings is 2. The minimum absolute atomic E-state index is 0.250. The van der Waals surface area contributed by atoms with Crippen molar-refractivity contribution < 1.29 is 4.79 Å². The number of primary amides is 1. The number of allylic oxidation sites excluding steroid dienone is 3. The Labute approximate surface area is 254 Å². The second kappa shape index (κ2) is 18.9. The Morgan fingerprint density at radius 1 is 0.952 bits per heavy atom. The summed E-state index contributed by atoms with van der Waals surface area (Å²) in [4.78, 5) is 16.4. The summed E-state index contributed by atoms with van der Waals surface area (Å²) < 4.78 is 0. The molecule has 5 rings (SSSR count). The van der Waals surface area contributed by atoms with E-state index in [1.807, 2.05) is 13.1 Å². The van der Waals surface area contributed by atoms with E-state index < -0.39 is 0 Å². The Hall–Kier alpha value is -3.39. The first-order chi connectivity index (χ1) is 20.6. The zero-order valence-electron chi connectivity index (χ0n) is 25.8. The number of carbonyl (C=O) groups is 1. The number of nitrogens with two attached hydrogens (primary N) is 1. The summed E-state index contributed by atoms with van der Waals surface area (Å²) in [6.45, 7) is 17.5. The van der Waals surface area contributed by atoms with E-state index in [0.717, 1.165) is 32.0 Å². The maximum atomic E-state index is 8.58. The zero-order valence-corrected chi connectivity index (χ0v) is 25.8. The zero-order chi connectivity index (χ0) is 30.0. The number of hydrogen-bond donors (Lipinski definition) is 3. The van der Waals surface area contributed by atoms with E-state index in [1.165, 1.54) is 86.7 Å². The van der Waals surface area contributed by atoms with Gasteiger partial charge in [0.1, 0.15) is 0 Å². The molecular formula is C35H52N6O. The lowest BCUT2D eigenvalue weighted by Crippen LogP contribution is -2.48. The highest BCUT2D eigenvalue weighted by molar-refractivity contribution is 5.55. The molecule has 0 spiro atoms. The third-order valence-corrected chi connectivity index (χ3v) is 8.33. The van der Waals surface area contributed by atoms with Gasteiger partial charge in [-0.15, -0.1) is 0 Å². The van der Waals surface area contributed by atoms with Gasteiger partial charge in [0, 0.05) is 77.3 Å². The molecule has 1 amide bonds. The van der Waals surface area contributed by atoms with Gasteiger partial charge >= 0.3 is 0 Å². The predicted octanol–water partition coefficient (Wildman–Crippen LogP) is 4.90. The Balaban J connectivity index is 0.000000288. The summed E-state index contributed by atoms with van der Waals surface area (Å²) in [5.41, 5.74) is 11.0. The molecule has 2 aromatic rings. The molecule has 0 aliphatic carbocycles. The van der Waals surface area contributed by atoms with Gasteiger partial charge in [-0.1, -0.05) is 55.1 Å². The van der Waals surface area contributed by atoms with Gasteiger partial charge in [-0.05, 0) is 79.6 Å². The monoisotopic (exact) mass is 572 g/mol. The van der Waals surface area contributed by atoms with Crippen molar-refractivity contribution in [2.45, 2.75) is 32.7 Å². The number of nitrogens with one attached hydrogen (secondary N) is 2. The van der Waals surface area contributed by atoms with Gasteiger partial charge in [0.05, 0.1) is 0 Å². The van der Waals surface area contributed by atoms with Crippen LogP contribution in [0.4, 0.5) is 11.4 Å². The summed E-state index contributed by atoms with van der Waals surface area (Å²) in [5.74, 6) is 0.855. The van der Waals surface area contributed by atoms with E-state index in [-0.39, 0.29) is 6.41 Å². The smallest absolute Gasteiger partial charge is 0.204 e. The average molecular weight is 573 g/mol. The fourth-order valence-electron chi connectivity index (χ4n) is 5.91. The highest BCUT2D eigenvalue weighted by Crippen LogP contribution is 2.25. The first-order valence-corrected chi connectivity index (χ1v) is 15.4. The molecule has 42 heavy (non-hydrogen) atoms. The van der Waals surface area contributed by atoms with Crippen molar-refractivity contribution in [2.24, 2.45) is 11.7 Å². The van der Waals surface area contributed by atoms with Crippen LogP contribution in [0.5, 0.6) is 0 Å². The second-order valence-electron chi connectivity index (χ2n) is 11.1. The third kappa shape index (κ3) is 11.1. The molecule has 3 fully saturated rings. The number of carbonyl (C=O) groups excluding carboxylic acids is 1. The van der Waals surface area contributed by atoms with E-state index in [4.69, 9.17) is 4.79 Å². The van der Waals surface area contributed by atoms with Crippen molar-refractivity contribution in [2.75, 3.05) is 76.2 Å². The minimum atomic E-state index is 0.250.